The van der Waals surface area contributed by atoms with Crippen LogP contribution in [0.5, 0.6) is 0 Å². The quantitative estimate of drug-likeness (QED) is 0.0571. The third kappa shape index (κ3) is 32.1. The first-order valence-electron chi connectivity index (χ1n) is 18.2. The van der Waals surface area contributed by atoms with Crippen LogP contribution in [-0.4, -0.2) is 21.3 Å². The number of rotatable bonds is 27. The largest absolute Gasteiger partial charge is 0.481 e. The van der Waals surface area contributed by atoms with Crippen LogP contribution in [0.4, 0.5) is 0 Å². The van der Waals surface area contributed by atoms with Gasteiger partial charge >= 0.3 is 15.6 Å². The van der Waals surface area contributed by atoms with Gasteiger partial charge in [-0.15, -0.1) is 0 Å². The molecule has 0 aromatic rings. The van der Waals surface area contributed by atoms with E-state index in [0.717, 1.165) is 76.2 Å². The minimum absolute atomic E-state index is 0.264. The molecule has 0 heterocycles. The molecule has 0 bridgehead atoms. The van der Waals surface area contributed by atoms with Crippen LogP contribution < -0.4 is 0 Å². The second-order valence-corrected chi connectivity index (χ2v) is 17.0. The molecule has 2 unspecified atom stereocenters. The summed E-state index contributed by atoms with van der Waals surface area (Å²) in [5.74, 6) is 0.699. The second kappa shape index (κ2) is 27.1. The van der Waals surface area contributed by atoms with Crippen LogP contribution in [0.3, 0.4) is 0 Å². The van der Waals surface area contributed by atoms with Gasteiger partial charge in [-0.05, 0) is 151 Å². The lowest BCUT2D eigenvalue weighted by molar-refractivity contribution is 0.191. The van der Waals surface area contributed by atoms with Crippen LogP contribution in [-0.2, 0) is 18.0 Å². The average molecular weight is 725 g/mol. The molecular weight excluding hydrogens is 654 g/mol. The summed E-state index contributed by atoms with van der Waals surface area (Å²) in [6.45, 7) is 19.5. The summed E-state index contributed by atoms with van der Waals surface area (Å²) in [4.78, 5) is 26.6. The van der Waals surface area contributed by atoms with Crippen molar-refractivity contribution in [3.05, 3.63) is 81.5 Å². The SMILES string of the molecule is CC(C)=CCC/C(C)=C/CC/C(C)=C/CC/C(C)=C/CC/C(C)=C/CCC(C)CCC/C(C)=C/CC/C(C)=C/COP(=O)(O)OP(=O)(O)O. The Balaban J connectivity index is 4.18. The standard InChI is InChI=1S/C40H70O7P2/c1-33(2)17-10-18-34(3)19-11-20-35(4)21-12-22-36(5)23-13-24-37(6)25-14-26-38(7)27-15-28-39(8)29-16-30-40(9)31-32-46-49(44,45)47-48(41,42)43/h17,19,21,23,25,29,31,38H,10-16,18,20,22,24,26-28,30,32H2,1-9H3,(H,44,45)(H2,41,42,43)/b34-19+,35-21+,36-23+,37-25+,39-29+,40-31+. The molecule has 0 saturated heterocycles. The first-order chi connectivity index (χ1) is 22.9. The Hall–Kier alpha value is -1.56. The fourth-order valence-corrected chi connectivity index (χ4v) is 6.83. The Labute approximate surface area is 300 Å². The van der Waals surface area contributed by atoms with Gasteiger partial charge in [-0.2, -0.15) is 4.31 Å². The van der Waals surface area contributed by atoms with Crippen molar-refractivity contribution in [1.29, 1.82) is 0 Å². The maximum absolute atomic E-state index is 11.5. The molecule has 7 nitrogen and oxygen atoms in total. The molecule has 0 aliphatic heterocycles. The molecule has 0 fully saturated rings. The summed E-state index contributed by atoms with van der Waals surface area (Å²) in [6.07, 6.45) is 32.5. The van der Waals surface area contributed by atoms with Crippen LogP contribution in [0.15, 0.2) is 81.5 Å². The van der Waals surface area contributed by atoms with Gasteiger partial charge in [-0.1, -0.05) is 94.9 Å². The minimum Gasteiger partial charge on any atom is -0.302 e. The van der Waals surface area contributed by atoms with Gasteiger partial charge in [0.15, 0.2) is 0 Å². The van der Waals surface area contributed by atoms with Gasteiger partial charge in [0, 0.05) is 0 Å². The predicted octanol–water partition coefficient (Wildman–Crippen LogP) is 13.3. The predicted molar refractivity (Wildman–Crippen MR) is 209 cm³/mol. The highest BCUT2D eigenvalue weighted by atomic mass is 31.3. The molecule has 2 atom stereocenters. The first-order valence-corrected chi connectivity index (χ1v) is 21.2. The van der Waals surface area contributed by atoms with E-state index in [1.54, 1.807) is 6.08 Å². The first kappa shape index (κ1) is 47.4. The highest BCUT2D eigenvalue weighted by molar-refractivity contribution is 7.60. The molecule has 0 rings (SSSR count). The van der Waals surface area contributed by atoms with E-state index in [2.05, 4.69) is 101 Å². The molecule has 0 aromatic carbocycles. The monoisotopic (exact) mass is 724 g/mol. The van der Waals surface area contributed by atoms with Crippen molar-refractivity contribution < 1.29 is 32.6 Å². The van der Waals surface area contributed by atoms with Gasteiger partial charge in [0.05, 0.1) is 6.61 Å². The maximum atomic E-state index is 11.5. The summed E-state index contributed by atoms with van der Waals surface area (Å²) in [5.41, 5.74) is 9.72. The Morgan fingerprint density at radius 3 is 1.31 bits per heavy atom. The van der Waals surface area contributed by atoms with E-state index in [1.807, 2.05) is 6.92 Å². The summed E-state index contributed by atoms with van der Waals surface area (Å²) in [5, 5.41) is 0. The molecule has 49 heavy (non-hydrogen) atoms. The van der Waals surface area contributed by atoms with Gasteiger partial charge in [0.2, 0.25) is 0 Å². The van der Waals surface area contributed by atoms with E-state index in [4.69, 9.17) is 9.79 Å². The average Bonchev–Trinajstić information content (AvgIpc) is 2.95. The lowest BCUT2D eigenvalue weighted by Gasteiger charge is -2.11. The zero-order valence-electron chi connectivity index (χ0n) is 32.3. The van der Waals surface area contributed by atoms with E-state index in [1.165, 1.54) is 59.1 Å². The Kier molecular flexibility index (Phi) is 26.3. The van der Waals surface area contributed by atoms with Gasteiger partial charge < -0.3 is 14.7 Å². The van der Waals surface area contributed by atoms with E-state index in [9.17, 15) is 14.0 Å². The number of hydrogen-bond acceptors (Lipinski definition) is 4. The van der Waals surface area contributed by atoms with Gasteiger partial charge in [-0.25, -0.2) is 9.13 Å². The third-order valence-electron chi connectivity index (χ3n) is 8.52. The van der Waals surface area contributed by atoms with Crippen molar-refractivity contribution in [3.63, 3.8) is 0 Å². The summed E-state index contributed by atoms with van der Waals surface area (Å²) in [6, 6.07) is 0. The van der Waals surface area contributed by atoms with E-state index in [0.29, 0.717) is 5.92 Å². The molecule has 9 heteroatoms. The van der Waals surface area contributed by atoms with Gasteiger partial charge in [0.25, 0.3) is 0 Å². The van der Waals surface area contributed by atoms with Crippen molar-refractivity contribution >= 4 is 15.6 Å². The highest BCUT2D eigenvalue weighted by Crippen LogP contribution is 2.57. The van der Waals surface area contributed by atoms with E-state index in [-0.39, 0.29) is 6.61 Å². The normalized spacial score (nSPS) is 16.2. The van der Waals surface area contributed by atoms with Crippen molar-refractivity contribution in [3.8, 4) is 0 Å². The van der Waals surface area contributed by atoms with Gasteiger partial charge in [-0.3, -0.25) is 4.52 Å². The van der Waals surface area contributed by atoms with Crippen LogP contribution in [0.1, 0.15) is 159 Å². The van der Waals surface area contributed by atoms with Crippen LogP contribution in [0, 0.1) is 5.92 Å². The lowest BCUT2D eigenvalue weighted by Crippen LogP contribution is -1.95. The second-order valence-electron chi connectivity index (χ2n) is 14.2. The Morgan fingerprint density at radius 1 is 0.531 bits per heavy atom. The molecule has 0 saturated carbocycles. The molecule has 282 valence electrons. The molecule has 0 amide bonds. The maximum Gasteiger partial charge on any atom is 0.481 e. The molecular formula is C40H70O7P2. The highest BCUT2D eigenvalue weighted by Gasteiger charge is 2.31. The number of phosphoric ester groups is 1. The summed E-state index contributed by atoms with van der Waals surface area (Å²) < 4.78 is 30.5. The fourth-order valence-electron chi connectivity index (χ4n) is 5.31. The smallest absolute Gasteiger partial charge is 0.302 e. The fraction of sp³-hybridized carbons (Fsp3) is 0.650. The van der Waals surface area contributed by atoms with Crippen LogP contribution in [0.2, 0.25) is 0 Å². The summed E-state index contributed by atoms with van der Waals surface area (Å²) in [7, 11) is -9.89. The zero-order valence-corrected chi connectivity index (χ0v) is 34.1. The molecule has 0 aromatic heterocycles. The number of hydrogen-bond donors (Lipinski definition) is 3. The Morgan fingerprint density at radius 2 is 0.898 bits per heavy atom. The minimum atomic E-state index is -5.10. The zero-order chi connectivity index (χ0) is 37.3. The topological polar surface area (TPSA) is 113 Å². The van der Waals surface area contributed by atoms with E-state index >= 15 is 0 Å². The third-order valence-corrected chi connectivity index (χ3v) is 10.7. The van der Waals surface area contributed by atoms with Crippen molar-refractivity contribution in [2.75, 3.05) is 6.61 Å². The molecule has 0 aliphatic carbocycles. The molecule has 0 radical (unpaired) electrons. The van der Waals surface area contributed by atoms with Crippen LogP contribution in [0.25, 0.3) is 0 Å². The number of allylic oxidation sites excluding steroid dienone is 13. The van der Waals surface area contributed by atoms with Gasteiger partial charge in [0.1, 0.15) is 0 Å². The molecule has 0 aliphatic rings. The molecule has 0 spiro atoms. The van der Waals surface area contributed by atoms with Crippen molar-refractivity contribution in [2.24, 2.45) is 5.92 Å². The lowest BCUT2D eigenvalue weighted by atomic mass is 9.96. The van der Waals surface area contributed by atoms with Crippen molar-refractivity contribution in [2.45, 2.75) is 159 Å². The van der Waals surface area contributed by atoms with Crippen molar-refractivity contribution in [1.82, 2.24) is 0 Å². The summed E-state index contributed by atoms with van der Waals surface area (Å²) >= 11 is 0. The van der Waals surface area contributed by atoms with E-state index < -0.39 is 15.6 Å². The molecule has 3 N–H and O–H groups in total. The van der Waals surface area contributed by atoms with Crippen LogP contribution >= 0.6 is 15.6 Å². The number of phosphoric acid groups is 2. The Bertz CT molecular complexity index is 1260.